The van der Waals surface area contributed by atoms with Crippen LogP contribution >= 0.6 is 0 Å². The molecule has 0 aromatic heterocycles. The zero-order chi connectivity index (χ0) is 18.2. The second kappa shape index (κ2) is 8.67. The highest BCUT2D eigenvalue weighted by molar-refractivity contribution is 5.90. The van der Waals surface area contributed by atoms with E-state index in [1.807, 2.05) is 79.7 Å². The van der Waals surface area contributed by atoms with Gasteiger partial charge in [0.2, 0.25) is 0 Å². The molecule has 0 amide bonds. The third-order valence-electron chi connectivity index (χ3n) is 3.80. The highest BCUT2D eigenvalue weighted by Crippen LogP contribution is 2.29. The van der Waals surface area contributed by atoms with Gasteiger partial charge in [-0.1, -0.05) is 66.7 Å². The Morgan fingerprint density at radius 1 is 0.846 bits per heavy atom. The molecule has 0 fully saturated rings. The Morgan fingerprint density at radius 3 is 2.27 bits per heavy atom. The van der Waals surface area contributed by atoms with Crippen LogP contribution in [0.15, 0.2) is 84.9 Å². The fraction of sp³-hybridized carbons (Fsp3) is 0.0870. The molecule has 0 spiro atoms. The van der Waals surface area contributed by atoms with Gasteiger partial charge in [-0.05, 0) is 30.7 Å². The summed E-state index contributed by atoms with van der Waals surface area (Å²) in [5, 5.41) is 0. The molecule has 0 atom stereocenters. The van der Waals surface area contributed by atoms with Crippen LogP contribution in [-0.4, -0.2) is 12.6 Å². The summed E-state index contributed by atoms with van der Waals surface area (Å²) in [6.45, 7) is 2.50. The molecule has 0 saturated carbocycles. The number of carbonyl (C=O) groups is 1. The van der Waals surface area contributed by atoms with Gasteiger partial charge in [0.25, 0.3) is 0 Å². The van der Waals surface area contributed by atoms with Crippen molar-refractivity contribution in [3.05, 3.63) is 90.5 Å². The first-order valence-electron chi connectivity index (χ1n) is 8.54. The zero-order valence-electron chi connectivity index (χ0n) is 14.6. The van der Waals surface area contributed by atoms with Crippen molar-refractivity contribution in [2.24, 2.45) is 0 Å². The lowest BCUT2D eigenvalue weighted by molar-refractivity contribution is -0.128. The number of rotatable bonds is 6. The third kappa shape index (κ3) is 4.39. The third-order valence-corrected chi connectivity index (χ3v) is 3.80. The van der Waals surface area contributed by atoms with Gasteiger partial charge in [0.15, 0.2) is 0 Å². The van der Waals surface area contributed by atoms with Crippen molar-refractivity contribution < 1.29 is 14.3 Å². The highest BCUT2D eigenvalue weighted by Gasteiger charge is 2.08. The number of carbonyl (C=O) groups excluding carboxylic acids is 1. The average Bonchev–Trinajstić information content (AvgIpc) is 2.69. The van der Waals surface area contributed by atoms with E-state index in [1.165, 1.54) is 6.08 Å². The lowest BCUT2D eigenvalue weighted by Crippen LogP contribution is -2.04. The topological polar surface area (TPSA) is 35.5 Å². The molecule has 130 valence electrons. The van der Waals surface area contributed by atoms with E-state index in [1.54, 1.807) is 12.1 Å². The van der Waals surface area contributed by atoms with Crippen LogP contribution in [-0.2, 0) is 4.79 Å². The molecule has 0 heterocycles. The summed E-state index contributed by atoms with van der Waals surface area (Å²) >= 11 is 0. The molecule has 3 nitrogen and oxygen atoms in total. The summed E-state index contributed by atoms with van der Waals surface area (Å²) in [5.74, 6) is 0.842. The number of esters is 1. The maximum atomic E-state index is 12.3. The lowest BCUT2D eigenvalue weighted by atomic mass is 10.1. The Balaban J connectivity index is 1.78. The molecule has 0 radical (unpaired) electrons. The largest absolute Gasteiger partial charge is 0.493 e. The minimum Gasteiger partial charge on any atom is -0.493 e. The van der Waals surface area contributed by atoms with Crippen molar-refractivity contribution in [1.29, 1.82) is 0 Å². The van der Waals surface area contributed by atoms with E-state index in [2.05, 4.69) is 0 Å². The van der Waals surface area contributed by atoms with Gasteiger partial charge < -0.3 is 9.47 Å². The SMILES string of the molecule is CCOc1ccccc1/C=C/C(=O)Oc1ccccc1-c1ccccc1. The molecule has 3 aromatic carbocycles. The van der Waals surface area contributed by atoms with E-state index < -0.39 is 5.97 Å². The smallest absolute Gasteiger partial charge is 0.336 e. The number of benzene rings is 3. The molecule has 0 aliphatic heterocycles. The Hall–Kier alpha value is -3.33. The van der Waals surface area contributed by atoms with Crippen LogP contribution < -0.4 is 9.47 Å². The molecular weight excluding hydrogens is 324 g/mol. The molecular formula is C23H20O3. The van der Waals surface area contributed by atoms with Gasteiger partial charge in [0, 0.05) is 17.2 Å². The van der Waals surface area contributed by atoms with E-state index in [4.69, 9.17) is 9.47 Å². The molecule has 3 heteroatoms. The van der Waals surface area contributed by atoms with E-state index >= 15 is 0 Å². The maximum Gasteiger partial charge on any atom is 0.336 e. The fourth-order valence-electron chi connectivity index (χ4n) is 2.62. The van der Waals surface area contributed by atoms with Crippen LogP contribution in [0.2, 0.25) is 0 Å². The molecule has 3 rings (SSSR count). The first kappa shape index (κ1) is 17.5. The Kier molecular flexibility index (Phi) is 5.84. The minimum atomic E-state index is -0.431. The van der Waals surface area contributed by atoms with E-state index in [9.17, 15) is 4.79 Å². The molecule has 26 heavy (non-hydrogen) atoms. The summed E-state index contributed by atoms with van der Waals surface area (Å²) < 4.78 is 11.1. The highest BCUT2D eigenvalue weighted by atomic mass is 16.5. The Bertz CT molecular complexity index is 898. The lowest BCUT2D eigenvalue weighted by Gasteiger charge is -2.09. The van der Waals surface area contributed by atoms with Crippen LogP contribution in [0.25, 0.3) is 17.2 Å². The number of para-hydroxylation sites is 2. The predicted octanol–water partition coefficient (Wildman–Crippen LogP) is 5.37. The average molecular weight is 344 g/mol. The van der Waals surface area contributed by atoms with Crippen molar-refractivity contribution in [3.8, 4) is 22.6 Å². The first-order chi connectivity index (χ1) is 12.8. The second-order valence-electron chi connectivity index (χ2n) is 5.59. The molecule has 0 bridgehead atoms. The van der Waals surface area contributed by atoms with Crippen molar-refractivity contribution in [1.82, 2.24) is 0 Å². The van der Waals surface area contributed by atoms with Gasteiger partial charge in [0.1, 0.15) is 11.5 Å². The second-order valence-corrected chi connectivity index (χ2v) is 5.59. The van der Waals surface area contributed by atoms with Crippen molar-refractivity contribution in [3.63, 3.8) is 0 Å². The standard InChI is InChI=1S/C23H20O3/c1-2-25-21-14-8-6-12-19(21)16-17-23(24)26-22-15-9-7-13-20(22)18-10-4-3-5-11-18/h3-17H,2H2,1H3/b17-16+. The fourth-order valence-corrected chi connectivity index (χ4v) is 2.62. The number of ether oxygens (including phenoxy) is 2. The molecule has 0 saturated heterocycles. The van der Waals surface area contributed by atoms with Gasteiger partial charge in [-0.2, -0.15) is 0 Å². The van der Waals surface area contributed by atoms with Crippen LogP contribution in [0.4, 0.5) is 0 Å². The van der Waals surface area contributed by atoms with Crippen molar-refractivity contribution >= 4 is 12.0 Å². The van der Waals surface area contributed by atoms with E-state index in [-0.39, 0.29) is 0 Å². The normalized spacial score (nSPS) is 10.7. The first-order valence-corrected chi connectivity index (χ1v) is 8.54. The van der Waals surface area contributed by atoms with Gasteiger partial charge in [0.05, 0.1) is 6.61 Å². The van der Waals surface area contributed by atoms with Crippen molar-refractivity contribution in [2.45, 2.75) is 6.92 Å². The number of hydrogen-bond donors (Lipinski definition) is 0. The molecule has 0 unspecified atom stereocenters. The zero-order valence-corrected chi connectivity index (χ0v) is 14.6. The van der Waals surface area contributed by atoms with Crippen LogP contribution in [0.1, 0.15) is 12.5 Å². The summed E-state index contributed by atoms with van der Waals surface area (Å²) in [6, 6.07) is 24.9. The summed E-state index contributed by atoms with van der Waals surface area (Å²) in [4.78, 5) is 12.3. The van der Waals surface area contributed by atoms with Gasteiger partial charge in [-0.15, -0.1) is 0 Å². The Morgan fingerprint density at radius 2 is 1.50 bits per heavy atom. The summed E-state index contributed by atoms with van der Waals surface area (Å²) in [6.07, 6.45) is 3.12. The summed E-state index contributed by atoms with van der Waals surface area (Å²) in [7, 11) is 0. The molecule has 0 N–H and O–H groups in total. The van der Waals surface area contributed by atoms with Gasteiger partial charge in [-0.3, -0.25) is 0 Å². The summed E-state index contributed by atoms with van der Waals surface area (Å²) in [5.41, 5.74) is 2.72. The monoisotopic (exact) mass is 344 g/mol. The predicted molar refractivity (Wildman–Crippen MR) is 104 cm³/mol. The van der Waals surface area contributed by atoms with Crippen LogP contribution in [0.3, 0.4) is 0 Å². The maximum absolute atomic E-state index is 12.3. The number of hydrogen-bond acceptors (Lipinski definition) is 3. The Labute approximate surface area is 153 Å². The van der Waals surface area contributed by atoms with E-state index in [0.717, 1.165) is 22.4 Å². The van der Waals surface area contributed by atoms with Crippen LogP contribution in [0, 0.1) is 0 Å². The van der Waals surface area contributed by atoms with Gasteiger partial charge in [-0.25, -0.2) is 4.79 Å². The minimum absolute atomic E-state index is 0.431. The van der Waals surface area contributed by atoms with Gasteiger partial charge >= 0.3 is 5.97 Å². The van der Waals surface area contributed by atoms with Crippen molar-refractivity contribution in [2.75, 3.05) is 6.61 Å². The van der Waals surface area contributed by atoms with Crippen LogP contribution in [0.5, 0.6) is 11.5 Å². The molecule has 0 aliphatic rings. The molecule has 3 aromatic rings. The quantitative estimate of drug-likeness (QED) is 0.342. The molecule has 0 aliphatic carbocycles. The van der Waals surface area contributed by atoms with E-state index in [0.29, 0.717) is 12.4 Å².